The molecule has 0 aliphatic carbocycles. The summed E-state index contributed by atoms with van der Waals surface area (Å²) in [7, 11) is 3.26. The van der Waals surface area contributed by atoms with Crippen LogP contribution in [0, 0.1) is 0 Å². The van der Waals surface area contributed by atoms with Gasteiger partial charge in [0, 0.05) is 30.3 Å². The number of morpholine rings is 1. The van der Waals surface area contributed by atoms with E-state index in [1.54, 1.807) is 14.2 Å². The molecule has 0 saturated carbocycles. The van der Waals surface area contributed by atoms with E-state index in [1.807, 2.05) is 42.5 Å². The predicted molar refractivity (Wildman–Crippen MR) is 129 cm³/mol. The average molecular weight is 471 g/mol. The number of methoxy groups -OCH3 is 2. The summed E-state index contributed by atoms with van der Waals surface area (Å²) in [5.41, 5.74) is 1.96. The fourth-order valence-corrected chi connectivity index (χ4v) is 3.55. The van der Waals surface area contributed by atoms with E-state index >= 15 is 0 Å². The molecule has 0 radical (unpaired) electrons. The highest BCUT2D eigenvalue weighted by atomic mass is 35.5. The first-order valence-corrected chi connectivity index (χ1v) is 11.1. The van der Waals surface area contributed by atoms with Crippen molar-refractivity contribution in [1.82, 2.24) is 15.0 Å². The van der Waals surface area contributed by atoms with Crippen LogP contribution in [0.5, 0.6) is 11.5 Å². The Morgan fingerprint density at radius 3 is 2.39 bits per heavy atom. The van der Waals surface area contributed by atoms with Crippen molar-refractivity contribution in [2.45, 2.75) is 6.42 Å². The zero-order valence-corrected chi connectivity index (χ0v) is 19.4. The van der Waals surface area contributed by atoms with Crippen LogP contribution < -0.4 is 25.0 Å². The van der Waals surface area contributed by atoms with Gasteiger partial charge in [0.25, 0.3) is 0 Å². The fraction of sp³-hybridized carbons (Fsp3) is 0.348. The zero-order chi connectivity index (χ0) is 23.0. The Morgan fingerprint density at radius 2 is 1.67 bits per heavy atom. The van der Waals surface area contributed by atoms with Gasteiger partial charge in [0.2, 0.25) is 17.8 Å². The Bertz CT molecular complexity index is 1060. The van der Waals surface area contributed by atoms with E-state index in [4.69, 9.17) is 25.8 Å². The van der Waals surface area contributed by atoms with Crippen LogP contribution in [0.15, 0.2) is 42.5 Å². The average Bonchev–Trinajstić information content (AvgIpc) is 2.86. The molecular formula is C23H27ClN6O3. The normalized spacial score (nSPS) is 13.5. The van der Waals surface area contributed by atoms with E-state index in [0.29, 0.717) is 54.1 Å². The van der Waals surface area contributed by atoms with Gasteiger partial charge in [-0.15, -0.1) is 0 Å². The lowest BCUT2D eigenvalue weighted by Crippen LogP contribution is -2.37. The van der Waals surface area contributed by atoms with E-state index in [1.165, 1.54) is 0 Å². The van der Waals surface area contributed by atoms with Gasteiger partial charge in [0.05, 0.1) is 27.4 Å². The summed E-state index contributed by atoms with van der Waals surface area (Å²) in [6.07, 6.45) is 0.763. The highest BCUT2D eigenvalue weighted by Gasteiger charge is 2.17. The second-order valence-electron chi connectivity index (χ2n) is 7.38. The topological polar surface area (TPSA) is 93.7 Å². The maximum absolute atomic E-state index is 6.00. The van der Waals surface area contributed by atoms with Gasteiger partial charge in [0.1, 0.15) is 0 Å². The third-order valence-electron chi connectivity index (χ3n) is 5.16. The Kier molecular flexibility index (Phi) is 7.64. The molecule has 3 aromatic rings. The Balaban J connectivity index is 1.49. The number of hydrogen-bond donors (Lipinski definition) is 2. The largest absolute Gasteiger partial charge is 0.493 e. The number of aromatic nitrogens is 3. The Hall–Kier alpha value is -3.30. The molecule has 1 aliphatic heterocycles. The number of rotatable bonds is 9. The van der Waals surface area contributed by atoms with Crippen LogP contribution in [0.2, 0.25) is 5.02 Å². The molecule has 0 atom stereocenters. The fourth-order valence-electron chi connectivity index (χ4n) is 3.42. The zero-order valence-electron chi connectivity index (χ0n) is 18.7. The first-order valence-electron chi connectivity index (χ1n) is 10.7. The standard InChI is InChI=1S/C23H27ClN6O3/c1-31-19-8-3-16(15-20(19)32-2)9-10-25-21-27-22(26-18-6-4-17(24)5-7-18)29-23(28-21)30-11-13-33-14-12-30/h3-8,15H,9-14H2,1-2H3,(H2,25,26,27,28,29). The minimum absolute atomic E-state index is 0.461. The van der Waals surface area contributed by atoms with Crippen LogP contribution in [0.3, 0.4) is 0 Å². The van der Waals surface area contributed by atoms with Crippen LogP contribution in [-0.2, 0) is 11.2 Å². The highest BCUT2D eigenvalue weighted by molar-refractivity contribution is 6.30. The first kappa shape index (κ1) is 22.9. The van der Waals surface area contributed by atoms with Crippen molar-refractivity contribution < 1.29 is 14.2 Å². The second-order valence-corrected chi connectivity index (χ2v) is 7.82. The van der Waals surface area contributed by atoms with Crippen LogP contribution in [-0.4, -0.2) is 62.0 Å². The van der Waals surface area contributed by atoms with Crippen LogP contribution in [0.25, 0.3) is 0 Å². The second kappa shape index (κ2) is 11.0. The number of nitrogens with zero attached hydrogens (tertiary/aromatic N) is 4. The third-order valence-corrected chi connectivity index (χ3v) is 5.41. The van der Waals surface area contributed by atoms with E-state index in [9.17, 15) is 0 Å². The molecule has 1 fully saturated rings. The molecule has 2 aromatic carbocycles. The van der Waals surface area contributed by atoms with Crippen molar-refractivity contribution >= 4 is 35.1 Å². The van der Waals surface area contributed by atoms with Gasteiger partial charge >= 0.3 is 0 Å². The molecule has 9 nitrogen and oxygen atoms in total. The summed E-state index contributed by atoms with van der Waals surface area (Å²) in [4.78, 5) is 15.9. The SMILES string of the molecule is COc1ccc(CCNc2nc(Nc3ccc(Cl)cc3)nc(N3CCOCC3)n2)cc1OC. The van der Waals surface area contributed by atoms with Crippen molar-refractivity contribution in [3.63, 3.8) is 0 Å². The lowest BCUT2D eigenvalue weighted by Gasteiger charge is -2.27. The van der Waals surface area contributed by atoms with Gasteiger partial charge in [-0.25, -0.2) is 0 Å². The Morgan fingerprint density at radius 1 is 0.939 bits per heavy atom. The molecule has 4 rings (SSSR count). The predicted octanol–water partition coefficient (Wildman–Crippen LogP) is 3.78. The summed E-state index contributed by atoms with van der Waals surface area (Å²) in [6, 6.07) is 13.3. The Labute approximate surface area is 198 Å². The molecule has 10 heteroatoms. The quantitative estimate of drug-likeness (QED) is 0.484. The van der Waals surface area contributed by atoms with Gasteiger partial charge < -0.3 is 29.7 Å². The number of benzene rings is 2. The van der Waals surface area contributed by atoms with E-state index < -0.39 is 0 Å². The molecule has 1 aromatic heterocycles. The number of nitrogens with one attached hydrogen (secondary N) is 2. The van der Waals surface area contributed by atoms with Crippen LogP contribution in [0.1, 0.15) is 5.56 Å². The van der Waals surface area contributed by atoms with Crippen molar-refractivity contribution in [3.05, 3.63) is 53.1 Å². The molecule has 33 heavy (non-hydrogen) atoms. The van der Waals surface area contributed by atoms with E-state index in [2.05, 4.69) is 30.5 Å². The van der Waals surface area contributed by atoms with Crippen LogP contribution in [0.4, 0.5) is 23.5 Å². The lowest BCUT2D eigenvalue weighted by molar-refractivity contribution is 0.122. The summed E-state index contributed by atoms with van der Waals surface area (Å²) < 4.78 is 16.2. The molecule has 2 heterocycles. The maximum Gasteiger partial charge on any atom is 0.233 e. The van der Waals surface area contributed by atoms with Crippen molar-refractivity contribution in [2.24, 2.45) is 0 Å². The molecule has 0 unspecified atom stereocenters. The highest BCUT2D eigenvalue weighted by Crippen LogP contribution is 2.27. The molecule has 174 valence electrons. The third kappa shape index (κ3) is 6.15. The smallest absolute Gasteiger partial charge is 0.233 e. The van der Waals surface area contributed by atoms with Gasteiger partial charge in [0.15, 0.2) is 11.5 Å². The van der Waals surface area contributed by atoms with Crippen molar-refractivity contribution in [3.8, 4) is 11.5 Å². The van der Waals surface area contributed by atoms with Crippen molar-refractivity contribution in [2.75, 3.05) is 62.6 Å². The maximum atomic E-state index is 6.00. The molecule has 1 saturated heterocycles. The molecule has 0 spiro atoms. The number of anilines is 4. The van der Waals surface area contributed by atoms with E-state index in [0.717, 1.165) is 30.8 Å². The van der Waals surface area contributed by atoms with Gasteiger partial charge in [-0.2, -0.15) is 15.0 Å². The minimum atomic E-state index is 0.461. The summed E-state index contributed by atoms with van der Waals surface area (Å²) >= 11 is 6.00. The summed E-state index contributed by atoms with van der Waals surface area (Å²) in [6.45, 7) is 3.40. The summed E-state index contributed by atoms with van der Waals surface area (Å²) in [5, 5.41) is 7.23. The number of ether oxygens (including phenoxy) is 3. The summed E-state index contributed by atoms with van der Waals surface area (Å²) in [5.74, 6) is 2.99. The molecule has 0 bridgehead atoms. The van der Waals surface area contributed by atoms with Crippen LogP contribution >= 0.6 is 11.6 Å². The molecule has 0 amide bonds. The molecule has 2 N–H and O–H groups in total. The van der Waals surface area contributed by atoms with Gasteiger partial charge in [-0.05, 0) is 48.4 Å². The number of halogens is 1. The minimum Gasteiger partial charge on any atom is -0.493 e. The molecular weight excluding hydrogens is 444 g/mol. The van der Waals surface area contributed by atoms with Crippen molar-refractivity contribution in [1.29, 1.82) is 0 Å². The lowest BCUT2D eigenvalue weighted by atomic mass is 10.1. The first-order chi connectivity index (χ1) is 16.1. The van der Waals surface area contributed by atoms with Gasteiger partial charge in [-0.1, -0.05) is 17.7 Å². The molecule has 1 aliphatic rings. The van der Waals surface area contributed by atoms with Gasteiger partial charge in [-0.3, -0.25) is 0 Å². The number of hydrogen-bond acceptors (Lipinski definition) is 9. The van der Waals surface area contributed by atoms with E-state index in [-0.39, 0.29) is 0 Å². The monoisotopic (exact) mass is 470 g/mol.